The van der Waals surface area contributed by atoms with Crippen molar-refractivity contribution >= 4 is 18.0 Å². The molecule has 6 heteroatoms. The molecule has 0 radical (unpaired) electrons. The van der Waals surface area contributed by atoms with Gasteiger partial charge in [0.1, 0.15) is 0 Å². The first-order valence-electron chi connectivity index (χ1n) is 6.88. The van der Waals surface area contributed by atoms with E-state index in [0.29, 0.717) is 30.2 Å². The molecule has 0 saturated heterocycles. The van der Waals surface area contributed by atoms with Gasteiger partial charge in [-0.1, -0.05) is 0 Å². The van der Waals surface area contributed by atoms with Gasteiger partial charge in [0.2, 0.25) is 0 Å². The average Bonchev–Trinajstić information content (AvgIpc) is 3.29. The number of nitrogens with zero attached hydrogens (tertiary/aromatic N) is 1. The molecule has 1 fully saturated rings. The van der Waals surface area contributed by atoms with Crippen molar-refractivity contribution in [3.05, 3.63) is 35.7 Å². The molecule has 1 aliphatic carbocycles. The van der Waals surface area contributed by atoms with Gasteiger partial charge in [-0.2, -0.15) is 0 Å². The molecule has 21 heavy (non-hydrogen) atoms. The smallest absolute Gasteiger partial charge is 0.328 e. The van der Waals surface area contributed by atoms with Crippen LogP contribution in [0.5, 0.6) is 0 Å². The van der Waals surface area contributed by atoms with Crippen molar-refractivity contribution in [2.45, 2.75) is 12.8 Å². The molecule has 0 spiro atoms. The van der Waals surface area contributed by atoms with Gasteiger partial charge in [-0.05, 0) is 30.9 Å². The number of carbonyl (C=O) groups is 2. The van der Waals surface area contributed by atoms with Gasteiger partial charge in [0.25, 0.3) is 5.91 Å². The van der Waals surface area contributed by atoms with Crippen LogP contribution in [-0.2, 0) is 9.53 Å². The molecule has 2 rings (SSSR count). The van der Waals surface area contributed by atoms with Gasteiger partial charge in [0.05, 0.1) is 6.61 Å². The largest absolute Gasteiger partial charge is 0.478 e. The number of rotatable bonds is 8. The molecule has 1 aromatic heterocycles. The Morgan fingerprint density at radius 1 is 1.48 bits per heavy atom. The molecule has 0 bridgehead atoms. The number of aliphatic carboxylic acids is 1. The van der Waals surface area contributed by atoms with Crippen LogP contribution in [0.25, 0.3) is 6.08 Å². The van der Waals surface area contributed by atoms with E-state index < -0.39 is 5.97 Å². The summed E-state index contributed by atoms with van der Waals surface area (Å²) < 4.78 is 5.43. The predicted molar refractivity (Wildman–Crippen MR) is 76.8 cm³/mol. The second kappa shape index (κ2) is 7.54. The van der Waals surface area contributed by atoms with E-state index in [1.165, 1.54) is 31.3 Å². The van der Waals surface area contributed by atoms with E-state index in [1.54, 1.807) is 6.07 Å². The van der Waals surface area contributed by atoms with Crippen molar-refractivity contribution in [2.24, 2.45) is 5.92 Å². The van der Waals surface area contributed by atoms with Crippen LogP contribution in [0.4, 0.5) is 0 Å². The number of ether oxygens (including phenoxy) is 1. The summed E-state index contributed by atoms with van der Waals surface area (Å²) in [6.07, 6.45) is 7.76. The zero-order valence-corrected chi connectivity index (χ0v) is 11.6. The highest BCUT2D eigenvalue weighted by Gasteiger charge is 2.20. The van der Waals surface area contributed by atoms with Crippen molar-refractivity contribution < 1.29 is 19.4 Å². The van der Waals surface area contributed by atoms with E-state index >= 15 is 0 Å². The normalized spacial score (nSPS) is 14.3. The maximum atomic E-state index is 12.0. The van der Waals surface area contributed by atoms with E-state index in [2.05, 4.69) is 10.3 Å². The molecule has 2 N–H and O–H groups in total. The molecule has 0 unspecified atom stereocenters. The summed E-state index contributed by atoms with van der Waals surface area (Å²) in [5.74, 6) is -0.634. The Hall–Kier alpha value is -2.21. The van der Waals surface area contributed by atoms with E-state index in [0.717, 1.165) is 12.7 Å². The molecule has 1 saturated carbocycles. The van der Waals surface area contributed by atoms with Crippen molar-refractivity contribution in [1.82, 2.24) is 10.3 Å². The first-order chi connectivity index (χ1) is 10.2. The molecule has 0 aromatic carbocycles. The standard InChI is InChI=1S/C15H18N2O4/c18-14(19)4-3-12-9-16-6-5-13(12)15(20)17-7-8-21-10-11-1-2-11/h3-6,9,11H,1-2,7-8,10H2,(H,17,20)(H,18,19)/b4-3+. The summed E-state index contributed by atoms with van der Waals surface area (Å²) in [6, 6.07) is 1.56. The minimum atomic E-state index is -1.07. The molecular formula is C15H18N2O4. The molecule has 1 aliphatic rings. The number of carbonyl (C=O) groups excluding carboxylic acids is 1. The zero-order chi connectivity index (χ0) is 15.1. The fourth-order valence-electron chi connectivity index (χ4n) is 1.77. The maximum absolute atomic E-state index is 12.0. The van der Waals surface area contributed by atoms with Crippen LogP contribution < -0.4 is 5.32 Å². The fraction of sp³-hybridized carbons (Fsp3) is 0.400. The second-order valence-electron chi connectivity index (χ2n) is 4.91. The summed E-state index contributed by atoms with van der Waals surface area (Å²) >= 11 is 0. The molecule has 0 atom stereocenters. The third-order valence-electron chi connectivity index (χ3n) is 3.08. The minimum Gasteiger partial charge on any atom is -0.478 e. The molecule has 1 heterocycles. The number of hydrogen-bond donors (Lipinski definition) is 2. The van der Waals surface area contributed by atoms with Crippen LogP contribution in [0.3, 0.4) is 0 Å². The maximum Gasteiger partial charge on any atom is 0.328 e. The lowest BCUT2D eigenvalue weighted by molar-refractivity contribution is -0.131. The van der Waals surface area contributed by atoms with Crippen LogP contribution in [0.2, 0.25) is 0 Å². The van der Waals surface area contributed by atoms with Gasteiger partial charge < -0.3 is 15.2 Å². The van der Waals surface area contributed by atoms with E-state index in [-0.39, 0.29) is 5.91 Å². The lowest BCUT2D eigenvalue weighted by Crippen LogP contribution is -2.28. The summed E-state index contributed by atoms with van der Waals surface area (Å²) in [5.41, 5.74) is 0.862. The predicted octanol–water partition coefficient (Wildman–Crippen LogP) is 1.34. The Balaban J connectivity index is 1.84. The van der Waals surface area contributed by atoms with E-state index in [4.69, 9.17) is 9.84 Å². The number of carboxylic acids is 1. The average molecular weight is 290 g/mol. The van der Waals surface area contributed by atoms with Crippen LogP contribution >= 0.6 is 0 Å². The van der Waals surface area contributed by atoms with Crippen molar-refractivity contribution in [1.29, 1.82) is 0 Å². The van der Waals surface area contributed by atoms with Crippen molar-refractivity contribution in [3.63, 3.8) is 0 Å². The highest BCUT2D eigenvalue weighted by Crippen LogP contribution is 2.28. The monoisotopic (exact) mass is 290 g/mol. The molecule has 1 aromatic rings. The SMILES string of the molecule is O=C(O)/C=C/c1cnccc1C(=O)NCCOCC1CC1. The Morgan fingerprint density at radius 3 is 3.00 bits per heavy atom. The van der Waals surface area contributed by atoms with E-state index in [1.807, 2.05) is 0 Å². The van der Waals surface area contributed by atoms with Gasteiger partial charge in [-0.25, -0.2) is 4.79 Å². The van der Waals surface area contributed by atoms with Gasteiger partial charge >= 0.3 is 5.97 Å². The highest BCUT2D eigenvalue weighted by molar-refractivity contribution is 5.98. The highest BCUT2D eigenvalue weighted by atomic mass is 16.5. The second-order valence-corrected chi connectivity index (χ2v) is 4.91. The topological polar surface area (TPSA) is 88.5 Å². The van der Waals surface area contributed by atoms with Gasteiger partial charge in [0, 0.05) is 42.7 Å². The third-order valence-corrected chi connectivity index (χ3v) is 3.08. The molecule has 6 nitrogen and oxygen atoms in total. The number of hydrogen-bond acceptors (Lipinski definition) is 4. The van der Waals surface area contributed by atoms with Crippen LogP contribution in [0, 0.1) is 5.92 Å². The first kappa shape index (κ1) is 15.2. The number of nitrogens with one attached hydrogen (secondary N) is 1. The van der Waals surface area contributed by atoms with Gasteiger partial charge in [-0.15, -0.1) is 0 Å². The summed E-state index contributed by atoms with van der Waals surface area (Å²) in [4.78, 5) is 26.5. The fourth-order valence-corrected chi connectivity index (χ4v) is 1.77. The summed E-state index contributed by atoms with van der Waals surface area (Å²) in [6.45, 7) is 1.67. The quantitative estimate of drug-likeness (QED) is 0.557. The molecule has 112 valence electrons. The number of amides is 1. The van der Waals surface area contributed by atoms with Crippen LogP contribution in [0.15, 0.2) is 24.5 Å². The summed E-state index contributed by atoms with van der Waals surface area (Å²) in [7, 11) is 0. The summed E-state index contributed by atoms with van der Waals surface area (Å²) in [5, 5.41) is 11.4. The molecule has 0 aliphatic heterocycles. The number of pyridine rings is 1. The van der Waals surface area contributed by atoms with Crippen molar-refractivity contribution in [3.8, 4) is 0 Å². The Kier molecular flexibility index (Phi) is 5.45. The Morgan fingerprint density at radius 2 is 2.29 bits per heavy atom. The van der Waals surface area contributed by atoms with Gasteiger partial charge in [0.15, 0.2) is 0 Å². The Labute approximate surface area is 122 Å². The molecular weight excluding hydrogens is 272 g/mol. The lowest BCUT2D eigenvalue weighted by Gasteiger charge is -2.08. The van der Waals surface area contributed by atoms with Crippen molar-refractivity contribution in [2.75, 3.05) is 19.8 Å². The number of aromatic nitrogens is 1. The zero-order valence-electron chi connectivity index (χ0n) is 11.6. The minimum absolute atomic E-state index is 0.266. The molecule has 1 amide bonds. The van der Waals surface area contributed by atoms with Crippen LogP contribution in [-0.4, -0.2) is 41.7 Å². The first-order valence-corrected chi connectivity index (χ1v) is 6.88. The lowest BCUT2D eigenvalue weighted by atomic mass is 10.1. The van der Waals surface area contributed by atoms with E-state index in [9.17, 15) is 9.59 Å². The number of carboxylic acid groups (broad SMARTS) is 1. The third kappa shape index (κ3) is 5.35. The van der Waals surface area contributed by atoms with Crippen LogP contribution in [0.1, 0.15) is 28.8 Å². The Bertz CT molecular complexity index is 538. The van der Waals surface area contributed by atoms with Gasteiger partial charge in [-0.3, -0.25) is 9.78 Å².